The van der Waals surface area contributed by atoms with Crippen molar-refractivity contribution in [2.24, 2.45) is 4.99 Å². The van der Waals surface area contributed by atoms with E-state index in [0.29, 0.717) is 25.3 Å². The highest BCUT2D eigenvalue weighted by atomic mass is 19.1. The highest BCUT2D eigenvalue weighted by Gasteiger charge is 2.31. The van der Waals surface area contributed by atoms with E-state index < -0.39 is 18.4 Å². The van der Waals surface area contributed by atoms with Gasteiger partial charge in [0.15, 0.2) is 0 Å². The van der Waals surface area contributed by atoms with Gasteiger partial charge in [0.05, 0.1) is 47.5 Å². The van der Waals surface area contributed by atoms with Gasteiger partial charge in [0, 0.05) is 36.9 Å². The third-order valence-corrected chi connectivity index (χ3v) is 6.59. The lowest BCUT2D eigenvalue weighted by Crippen LogP contribution is -2.49. The molecule has 5 rings (SSSR count). The van der Waals surface area contributed by atoms with Gasteiger partial charge in [0.25, 0.3) is 0 Å². The minimum atomic E-state index is -1.20. The Kier molecular flexibility index (Phi) is 5.75. The van der Waals surface area contributed by atoms with Gasteiger partial charge in [-0.15, -0.1) is 5.10 Å². The molecule has 1 amide bonds. The summed E-state index contributed by atoms with van der Waals surface area (Å²) < 4.78 is 30.0. The predicted molar refractivity (Wildman–Crippen MR) is 126 cm³/mol. The maximum Gasteiger partial charge on any atom is 0.241 e. The molecule has 0 aliphatic carbocycles. The first-order valence-electron chi connectivity index (χ1n) is 11.5. The molecule has 10 heteroatoms. The molecule has 2 aliphatic heterocycles. The number of aromatic nitrogens is 4. The zero-order valence-corrected chi connectivity index (χ0v) is 19.4. The second-order valence-electron chi connectivity index (χ2n) is 9.08. The minimum Gasteiger partial charge on any atom is -0.347 e. The van der Waals surface area contributed by atoms with Crippen LogP contribution in [-0.4, -0.2) is 67.6 Å². The molecule has 34 heavy (non-hydrogen) atoms. The summed E-state index contributed by atoms with van der Waals surface area (Å²) >= 11 is 0. The third kappa shape index (κ3) is 4.12. The average molecular weight is 468 g/mol. The van der Waals surface area contributed by atoms with E-state index in [1.807, 2.05) is 25.1 Å². The van der Waals surface area contributed by atoms with Crippen molar-refractivity contribution in [2.75, 3.05) is 18.4 Å². The molecule has 8 nitrogen and oxygen atoms in total. The van der Waals surface area contributed by atoms with E-state index >= 15 is 0 Å². The normalized spacial score (nSPS) is 23.0. The van der Waals surface area contributed by atoms with E-state index in [9.17, 15) is 13.6 Å². The number of carbonyl (C=O) groups is 1. The molecule has 3 aromatic rings. The van der Waals surface area contributed by atoms with Crippen LogP contribution in [0.5, 0.6) is 0 Å². The van der Waals surface area contributed by atoms with Gasteiger partial charge in [-0.3, -0.25) is 9.79 Å². The van der Waals surface area contributed by atoms with Crippen molar-refractivity contribution in [1.82, 2.24) is 24.5 Å². The number of halogens is 2. The highest BCUT2D eigenvalue weighted by molar-refractivity contribution is 5.96. The van der Waals surface area contributed by atoms with Crippen LogP contribution in [0.3, 0.4) is 0 Å². The van der Waals surface area contributed by atoms with E-state index in [2.05, 4.69) is 20.4 Å². The Hall–Kier alpha value is -3.43. The van der Waals surface area contributed by atoms with Crippen molar-refractivity contribution in [2.45, 2.75) is 57.9 Å². The highest BCUT2D eigenvalue weighted by Crippen LogP contribution is 2.39. The second-order valence-corrected chi connectivity index (χ2v) is 9.08. The predicted octanol–water partition coefficient (Wildman–Crippen LogP) is 4.10. The van der Waals surface area contributed by atoms with Crippen molar-refractivity contribution in [3.05, 3.63) is 36.3 Å². The fourth-order valence-electron chi connectivity index (χ4n) is 4.74. The van der Waals surface area contributed by atoms with E-state index in [-0.39, 0.29) is 18.4 Å². The molecular weight excluding hydrogens is 440 g/mol. The Morgan fingerprint density at radius 2 is 2.15 bits per heavy atom. The number of fused-ring (bicyclic) bond motifs is 2. The summed E-state index contributed by atoms with van der Waals surface area (Å²) in [6, 6.07) is 5.26. The molecule has 1 fully saturated rings. The van der Waals surface area contributed by atoms with Crippen molar-refractivity contribution >= 4 is 28.8 Å². The van der Waals surface area contributed by atoms with Gasteiger partial charge < -0.3 is 10.2 Å². The SMILES string of the molecule is CC(=O)N1CC[C@@H](Nc2ncc3c(-c4ccc5c(n4)C(CC(C)F)C(C)=N5)ccn3n2)[C@@H](F)C1. The topological polar surface area (TPSA) is 87.8 Å². The number of hydrogen-bond donors (Lipinski definition) is 1. The Bertz CT molecular complexity index is 1270. The van der Waals surface area contributed by atoms with Crippen molar-refractivity contribution in [3.8, 4) is 11.3 Å². The lowest BCUT2D eigenvalue weighted by molar-refractivity contribution is -0.131. The second kappa shape index (κ2) is 8.73. The molecule has 0 spiro atoms. The molecule has 0 bridgehead atoms. The molecule has 0 radical (unpaired) electrons. The summed E-state index contributed by atoms with van der Waals surface area (Å²) in [5, 5.41) is 7.56. The monoisotopic (exact) mass is 467 g/mol. The summed E-state index contributed by atoms with van der Waals surface area (Å²) in [5.74, 6) is 0.0755. The minimum absolute atomic E-state index is 0.0677. The average Bonchev–Trinajstić information content (AvgIpc) is 3.35. The number of nitrogens with one attached hydrogen (secondary N) is 1. The summed E-state index contributed by atoms with van der Waals surface area (Å²) in [5.41, 5.74) is 4.81. The van der Waals surface area contributed by atoms with Crippen LogP contribution in [0, 0.1) is 0 Å². The lowest BCUT2D eigenvalue weighted by Gasteiger charge is -2.34. The van der Waals surface area contributed by atoms with Crippen LogP contribution < -0.4 is 5.32 Å². The van der Waals surface area contributed by atoms with Crippen molar-refractivity contribution in [3.63, 3.8) is 0 Å². The fraction of sp³-hybridized carbons (Fsp3) is 0.458. The number of likely N-dealkylation sites (tertiary alicyclic amines) is 1. The lowest BCUT2D eigenvalue weighted by atomic mass is 9.95. The number of aliphatic imine (C=N–C) groups is 1. The summed E-state index contributed by atoms with van der Waals surface area (Å²) in [6.45, 7) is 5.48. The molecule has 2 unspecified atom stereocenters. The molecule has 2 aliphatic rings. The zero-order valence-electron chi connectivity index (χ0n) is 19.4. The van der Waals surface area contributed by atoms with Crippen LogP contribution >= 0.6 is 0 Å². The van der Waals surface area contributed by atoms with E-state index in [4.69, 9.17) is 4.98 Å². The Morgan fingerprint density at radius 1 is 1.32 bits per heavy atom. The molecule has 4 atom stereocenters. The number of piperidine rings is 1. The number of anilines is 1. The van der Waals surface area contributed by atoms with Gasteiger partial charge in [-0.05, 0) is 44.9 Å². The summed E-state index contributed by atoms with van der Waals surface area (Å²) in [4.78, 5) is 26.8. The molecule has 0 aromatic carbocycles. The molecule has 178 valence electrons. The fourth-order valence-corrected chi connectivity index (χ4v) is 4.74. The summed E-state index contributed by atoms with van der Waals surface area (Å²) in [7, 11) is 0. The first-order chi connectivity index (χ1) is 16.3. The third-order valence-electron chi connectivity index (χ3n) is 6.59. The van der Waals surface area contributed by atoms with Crippen molar-refractivity contribution < 1.29 is 13.6 Å². The van der Waals surface area contributed by atoms with Gasteiger partial charge in [-0.2, -0.15) is 0 Å². The number of amides is 1. The number of rotatable bonds is 5. The smallest absolute Gasteiger partial charge is 0.241 e. The number of nitrogens with zero attached hydrogens (tertiary/aromatic N) is 6. The standard InChI is InChI=1S/C24H27F2N7O/c1-13(25)10-17-14(2)28-21-5-4-19(29-23(17)21)16-6-9-33-22(16)11-27-24(31-33)30-20-7-8-32(15(3)34)12-18(20)26/h4-6,9,11,13,17-18,20H,7-8,10,12H2,1-3H3,(H,30,31)/t13?,17?,18-,20+/m0/s1. The van der Waals surface area contributed by atoms with Gasteiger partial charge >= 0.3 is 0 Å². The van der Waals surface area contributed by atoms with Gasteiger partial charge in [0.1, 0.15) is 6.17 Å². The van der Waals surface area contributed by atoms with Gasteiger partial charge in [-0.1, -0.05) is 0 Å². The molecular formula is C24H27F2N7O. The molecule has 3 aromatic heterocycles. The first-order valence-corrected chi connectivity index (χ1v) is 11.5. The molecule has 1 N–H and O–H groups in total. The van der Waals surface area contributed by atoms with Crippen LogP contribution in [0.2, 0.25) is 0 Å². The van der Waals surface area contributed by atoms with Crippen LogP contribution in [0.15, 0.2) is 35.6 Å². The van der Waals surface area contributed by atoms with Crippen molar-refractivity contribution in [1.29, 1.82) is 0 Å². The molecule has 1 saturated heterocycles. The summed E-state index contributed by atoms with van der Waals surface area (Å²) in [6.07, 6.45) is 2.19. The number of pyridine rings is 1. The van der Waals surface area contributed by atoms with Gasteiger partial charge in [-0.25, -0.2) is 23.3 Å². The van der Waals surface area contributed by atoms with Crippen LogP contribution in [0.1, 0.15) is 45.2 Å². The zero-order chi connectivity index (χ0) is 24.0. The number of carbonyl (C=O) groups excluding carboxylic acids is 1. The maximum atomic E-state index is 14.6. The largest absolute Gasteiger partial charge is 0.347 e. The number of alkyl halides is 2. The quantitative estimate of drug-likeness (QED) is 0.611. The van der Waals surface area contributed by atoms with E-state index in [1.54, 1.807) is 23.8 Å². The van der Waals surface area contributed by atoms with Crippen LogP contribution in [0.4, 0.5) is 20.4 Å². The Balaban J connectivity index is 1.37. The van der Waals surface area contributed by atoms with E-state index in [1.165, 1.54) is 11.8 Å². The van der Waals surface area contributed by atoms with E-state index in [0.717, 1.165) is 33.9 Å². The number of hydrogen-bond acceptors (Lipinski definition) is 6. The van der Waals surface area contributed by atoms with Gasteiger partial charge in [0.2, 0.25) is 11.9 Å². The Labute approximate surface area is 196 Å². The maximum absolute atomic E-state index is 14.6. The van der Waals surface area contributed by atoms with Crippen LogP contribution in [-0.2, 0) is 4.79 Å². The first kappa shape index (κ1) is 22.4. The Morgan fingerprint density at radius 3 is 2.88 bits per heavy atom. The molecule has 0 saturated carbocycles. The van der Waals surface area contributed by atoms with Crippen LogP contribution in [0.25, 0.3) is 16.8 Å². The molecule has 5 heterocycles.